The van der Waals surface area contributed by atoms with Gasteiger partial charge in [0.1, 0.15) is 22.1 Å². The van der Waals surface area contributed by atoms with Crippen LogP contribution in [0.5, 0.6) is 5.75 Å². The Morgan fingerprint density at radius 1 is 1.10 bits per heavy atom. The smallest absolute Gasteiger partial charge is 0.433 e. The van der Waals surface area contributed by atoms with Gasteiger partial charge in [-0.1, -0.05) is 18.2 Å². The number of para-hydroxylation sites is 2. The number of carbonyl (C=O) groups excluding carboxylic acids is 1. The minimum absolute atomic E-state index is 0.00432. The number of aromatic nitrogens is 3. The van der Waals surface area contributed by atoms with Gasteiger partial charge in [0.15, 0.2) is 0 Å². The van der Waals surface area contributed by atoms with E-state index in [1.807, 2.05) is 13.0 Å². The van der Waals surface area contributed by atoms with Crippen molar-refractivity contribution < 1.29 is 28.2 Å². The monoisotopic (exact) mass is 569 g/mol. The quantitative estimate of drug-likeness (QED) is 0.199. The van der Waals surface area contributed by atoms with E-state index in [4.69, 9.17) is 0 Å². The van der Waals surface area contributed by atoms with Gasteiger partial charge in [-0.3, -0.25) is 4.79 Å². The van der Waals surface area contributed by atoms with Gasteiger partial charge in [-0.25, -0.2) is 15.0 Å². The molecule has 0 atom stereocenters. The number of nitrogens with zero attached hydrogens (tertiary/aromatic N) is 3. The number of alkyl halides is 3. The zero-order chi connectivity index (χ0) is 28.5. The van der Waals surface area contributed by atoms with Crippen LogP contribution in [0.4, 0.5) is 30.5 Å². The van der Waals surface area contributed by atoms with Gasteiger partial charge >= 0.3 is 6.18 Å². The number of phenolic OH excluding ortho intramolecular Hbond substituents is 1. The van der Waals surface area contributed by atoms with Crippen LogP contribution >= 0.6 is 11.3 Å². The zero-order valence-electron chi connectivity index (χ0n) is 21.4. The molecule has 0 radical (unpaired) electrons. The number of hydrogen-bond acceptors (Lipinski definition) is 8. The van der Waals surface area contributed by atoms with Gasteiger partial charge in [0.2, 0.25) is 11.9 Å². The van der Waals surface area contributed by atoms with Crippen molar-refractivity contribution in [2.24, 2.45) is 5.92 Å². The Morgan fingerprint density at radius 3 is 2.58 bits per heavy atom. The van der Waals surface area contributed by atoms with Crippen LogP contribution in [-0.2, 0) is 16.6 Å². The lowest BCUT2D eigenvalue weighted by atomic mass is 9.78. The summed E-state index contributed by atoms with van der Waals surface area (Å²) in [6.07, 6.45) is -0.243. The highest BCUT2D eigenvalue weighted by Gasteiger charge is 2.39. The second-order valence-corrected chi connectivity index (χ2v) is 10.8. The molecule has 1 fully saturated rings. The van der Waals surface area contributed by atoms with Crippen molar-refractivity contribution in [1.29, 1.82) is 0 Å². The number of aliphatic hydroxyl groups is 1. The molecule has 2 heterocycles. The molecule has 0 aliphatic heterocycles. The van der Waals surface area contributed by atoms with Crippen LogP contribution in [0.3, 0.4) is 0 Å². The highest BCUT2D eigenvalue weighted by atomic mass is 32.1. The number of anilines is 3. The number of nitrogens with one attached hydrogen (secondary N) is 2. The summed E-state index contributed by atoms with van der Waals surface area (Å²) in [5.74, 6) is -0.681. The second-order valence-electron chi connectivity index (χ2n) is 9.82. The van der Waals surface area contributed by atoms with Gasteiger partial charge in [0, 0.05) is 24.0 Å². The van der Waals surface area contributed by atoms with Crippen LogP contribution in [0.15, 0.2) is 60.9 Å². The van der Waals surface area contributed by atoms with E-state index in [1.54, 1.807) is 36.5 Å². The topological polar surface area (TPSA) is 120 Å². The van der Waals surface area contributed by atoms with Crippen molar-refractivity contribution in [2.75, 3.05) is 10.6 Å². The molecule has 8 nitrogen and oxygen atoms in total. The number of amides is 1. The molecule has 2 aromatic heterocycles. The van der Waals surface area contributed by atoms with Crippen molar-refractivity contribution in [1.82, 2.24) is 15.0 Å². The Bertz CT molecular complexity index is 1530. The van der Waals surface area contributed by atoms with Crippen molar-refractivity contribution in [3.63, 3.8) is 0 Å². The van der Waals surface area contributed by atoms with Crippen LogP contribution in [0.1, 0.15) is 41.9 Å². The summed E-state index contributed by atoms with van der Waals surface area (Å²) in [5, 5.41) is 27.4. The zero-order valence-corrected chi connectivity index (χ0v) is 22.2. The van der Waals surface area contributed by atoms with Crippen molar-refractivity contribution >= 4 is 34.6 Å². The molecule has 0 bridgehead atoms. The van der Waals surface area contributed by atoms with Crippen LogP contribution in [-0.4, -0.2) is 31.1 Å². The largest absolute Gasteiger partial charge is 0.506 e. The number of carbonyl (C=O) groups is 1. The van der Waals surface area contributed by atoms with E-state index in [1.165, 1.54) is 17.4 Å². The molecule has 0 saturated heterocycles. The summed E-state index contributed by atoms with van der Waals surface area (Å²) in [4.78, 5) is 25.4. The molecule has 0 spiro atoms. The third-order valence-corrected chi connectivity index (χ3v) is 8.05. The van der Waals surface area contributed by atoms with Gasteiger partial charge in [-0.2, -0.15) is 13.2 Å². The predicted octanol–water partition coefficient (Wildman–Crippen LogP) is 6.39. The van der Waals surface area contributed by atoms with Crippen LogP contribution in [0, 0.1) is 12.8 Å². The fourth-order valence-corrected chi connectivity index (χ4v) is 5.76. The first-order valence-corrected chi connectivity index (χ1v) is 13.4. The predicted molar refractivity (Wildman–Crippen MR) is 145 cm³/mol. The lowest BCUT2D eigenvalue weighted by molar-refractivity contribution is -0.141. The molecule has 2 aromatic carbocycles. The third-order valence-electron chi connectivity index (χ3n) is 6.81. The molecule has 4 aromatic rings. The lowest BCUT2D eigenvalue weighted by Gasteiger charge is -2.33. The molecule has 1 amide bonds. The summed E-state index contributed by atoms with van der Waals surface area (Å²) >= 11 is 1.33. The van der Waals surface area contributed by atoms with Gasteiger partial charge in [-0.15, -0.1) is 11.3 Å². The van der Waals surface area contributed by atoms with E-state index in [2.05, 4.69) is 25.6 Å². The molecular weight excluding hydrogens is 543 g/mol. The summed E-state index contributed by atoms with van der Waals surface area (Å²) in [5.41, 5.74) is 0.284. The normalized spacial score (nSPS) is 19.3. The van der Waals surface area contributed by atoms with Gasteiger partial charge < -0.3 is 20.8 Å². The third kappa shape index (κ3) is 6.07. The molecule has 4 N–H and O–H groups in total. The Hall–Kier alpha value is -4.03. The summed E-state index contributed by atoms with van der Waals surface area (Å²) in [7, 11) is 0. The Balaban J connectivity index is 1.27. The SMILES string of the molecule is Cc1cc(Nc2nccc(C(F)(F)F)n2)cc(-c2cnc(C3(O)CCC(C(=O)Nc4ccccc4O)CC3)s2)c1. The van der Waals surface area contributed by atoms with E-state index in [0.29, 0.717) is 42.1 Å². The minimum Gasteiger partial charge on any atom is -0.506 e. The van der Waals surface area contributed by atoms with E-state index in [9.17, 15) is 28.2 Å². The number of aromatic hydroxyl groups is 1. The molecule has 208 valence electrons. The fourth-order valence-electron chi connectivity index (χ4n) is 4.71. The van der Waals surface area contributed by atoms with Crippen LogP contribution in [0.25, 0.3) is 10.4 Å². The maximum absolute atomic E-state index is 13.0. The average Bonchev–Trinajstić information content (AvgIpc) is 3.41. The molecule has 1 aliphatic rings. The molecule has 1 aliphatic carbocycles. The van der Waals surface area contributed by atoms with Crippen molar-refractivity contribution in [3.8, 4) is 16.2 Å². The molecule has 1 saturated carbocycles. The van der Waals surface area contributed by atoms with E-state index < -0.39 is 17.5 Å². The van der Waals surface area contributed by atoms with Gasteiger partial charge in [0.05, 0.1) is 10.6 Å². The maximum Gasteiger partial charge on any atom is 0.433 e. The first-order chi connectivity index (χ1) is 19.0. The van der Waals surface area contributed by atoms with E-state index >= 15 is 0 Å². The number of thiazole rings is 1. The van der Waals surface area contributed by atoms with E-state index in [0.717, 1.165) is 28.3 Å². The lowest BCUT2D eigenvalue weighted by Crippen LogP contribution is -2.35. The van der Waals surface area contributed by atoms with Gasteiger partial charge in [-0.05, 0) is 74.1 Å². The van der Waals surface area contributed by atoms with Crippen LogP contribution in [0.2, 0.25) is 0 Å². The molecular formula is C28H26F3N5O3S. The first kappa shape index (κ1) is 27.5. The number of hydrogen-bond donors (Lipinski definition) is 4. The minimum atomic E-state index is -4.58. The highest BCUT2D eigenvalue weighted by Crippen LogP contribution is 2.43. The van der Waals surface area contributed by atoms with Crippen molar-refractivity contribution in [2.45, 2.75) is 44.4 Å². The number of benzene rings is 2. The second kappa shape index (κ2) is 10.9. The summed E-state index contributed by atoms with van der Waals surface area (Å²) in [6, 6.07) is 12.8. The molecule has 40 heavy (non-hydrogen) atoms. The highest BCUT2D eigenvalue weighted by molar-refractivity contribution is 7.15. The Labute approximate surface area is 232 Å². The maximum atomic E-state index is 13.0. The number of rotatable bonds is 6. The molecule has 12 heteroatoms. The van der Waals surface area contributed by atoms with Gasteiger partial charge in [0.25, 0.3) is 0 Å². The Morgan fingerprint density at radius 2 is 1.85 bits per heavy atom. The summed E-state index contributed by atoms with van der Waals surface area (Å²) < 4.78 is 39.1. The van der Waals surface area contributed by atoms with Crippen molar-refractivity contribution in [3.05, 3.63) is 77.2 Å². The van der Waals surface area contributed by atoms with E-state index in [-0.39, 0.29) is 23.5 Å². The number of halogens is 3. The molecule has 0 unspecified atom stereocenters. The molecule has 5 rings (SSSR count). The summed E-state index contributed by atoms with van der Waals surface area (Å²) in [6.45, 7) is 1.86. The first-order valence-electron chi connectivity index (χ1n) is 12.6. The number of aryl methyl sites for hydroxylation is 1. The standard InChI is InChI=1S/C28H26F3N5O3S/c1-16-12-18(14-19(13-16)34-26-32-11-8-23(36-26)28(29,30)31)22-15-33-25(40-22)27(39)9-6-17(7-10-27)24(38)35-20-4-2-3-5-21(20)37/h2-5,8,11-15,17,37,39H,6-7,9-10H2,1H3,(H,35,38)(H,32,34,36). The fraction of sp³-hybridized carbons (Fsp3) is 0.286. The van der Waals surface area contributed by atoms with Crippen LogP contribution < -0.4 is 10.6 Å². The Kier molecular flexibility index (Phi) is 7.47. The number of phenols is 1. The average molecular weight is 570 g/mol.